The molecule has 1 aliphatic heterocycles. The van der Waals surface area contributed by atoms with E-state index >= 15 is 0 Å². The normalized spacial score (nSPS) is 14.2. The molecular weight excluding hydrogens is 412 g/mol. The van der Waals surface area contributed by atoms with Crippen LogP contribution in [0.4, 0.5) is 5.82 Å². The van der Waals surface area contributed by atoms with E-state index in [1.165, 1.54) is 15.8 Å². The molecule has 3 aromatic rings. The number of aromatic amines is 1. The van der Waals surface area contributed by atoms with Gasteiger partial charge in [-0.1, -0.05) is 0 Å². The van der Waals surface area contributed by atoms with Crippen LogP contribution in [0.3, 0.4) is 0 Å². The number of H-pyrrole nitrogens is 1. The number of nitrogens with one attached hydrogen (secondary N) is 2. The van der Waals surface area contributed by atoms with Crippen molar-refractivity contribution in [3.8, 4) is 11.9 Å². The minimum absolute atomic E-state index is 0.122. The van der Waals surface area contributed by atoms with Gasteiger partial charge in [0.15, 0.2) is 17.5 Å². The monoisotopic (exact) mass is 434 g/mol. The fraction of sp³-hybridized carbons (Fsp3) is 0.350. The molecule has 4 rings (SSSR count). The Kier molecular flexibility index (Phi) is 5.91. The number of carbonyl (C=O) groups is 2. The number of nitriles is 1. The van der Waals surface area contributed by atoms with E-state index in [4.69, 9.17) is 11.0 Å². The van der Waals surface area contributed by atoms with Gasteiger partial charge in [-0.2, -0.15) is 10.4 Å². The summed E-state index contributed by atoms with van der Waals surface area (Å²) in [5, 5.41) is 22.8. The molecule has 1 saturated heterocycles. The average molecular weight is 434 g/mol. The number of carbonyl (C=O) groups excluding carboxylic acids is 2. The number of rotatable bonds is 4. The molecule has 3 aromatic heterocycles. The second-order valence-electron chi connectivity index (χ2n) is 7.49. The van der Waals surface area contributed by atoms with E-state index in [2.05, 4.69) is 30.6 Å². The van der Waals surface area contributed by atoms with Crippen LogP contribution in [0.25, 0.3) is 5.82 Å². The summed E-state index contributed by atoms with van der Waals surface area (Å²) in [4.78, 5) is 35.2. The first-order chi connectivity index (χ1) is 15.5. The number of nitrogens with zero attached hydrogens (tertiary/aromatic N) is 7. The first kappa shape index (κ1) is 21.1. The number of hydrogen-bond donors (Lipinski definition) is 3. The molecule has 1 fully saturated rings. The molecule has 0 unspecified atom stereocenters. The molecule has 4 heterocycles. The summed E-state index contributed by atoms with van der Waals surface area (Å²) in [6, 6.07) is 5.28. The van der Waals surface area contributed by atoms with Crippen LogP contribution in [0.5, 0.6) is 0 Å². The van der Waals surface area contributed by atoms with Gasteiger partial charge in [-0.3, -0.25) is 14.7 Å². The van der Waals surface area contributed by atoms with E-state index in [0.29, 0.717) is 61.1 Å². The lowest BCUT2D eigenvalue weighted by molar-refractivity contribution is -0.143. The molecule has 32 heavy (non-hydrogen) atoms. The highest BCUT2D eigenvalue weighted by atomic mass is 16.2. The maximum atomic E-state index is 12.6. The molecule has 4 N–H and O–H groups in total. The van der Waals surface area contributed by atoms with Gasteiger partial charge in [-0.25, -0.2) is 14.6 Å². The van der Waals surface area contributed by atoms with E-state index in [0.717, 1.165) is 0 Å². The fourth-order valence-electron chi connectivity index (χ4n) is 3.52. The summed E-state index contributed by atoms with van der Waals surface area (Å²) in [6.07, 6.45) is 4.46. The molecule has 12 heteroatoms. The Labute approximate surface area is 183 Å². The van der Waals surface area contributed by atoms with Crippen molar-refractivity contribution in [2.75, 3.05) is 18.4 Å². The molecule has 1 aliphatic rings. The Morgan fingerprint density at radius 1 is 1.34 bits per heavy atom. The van der Waals surface area contributed by atoms with E-state index < -0.39 is 11.8 Å². The van der Waals surface area contributed by atoms with Crippen molar-refractivity contribution < 1.29 is 9.59 Å². The Balaban J connectivity index is 1.36. The van der Waals surface area contributed by atoms with Gasteiger partial charge in [0.2, 0.25) is 0 Å². The molecule has 0 aromatic carbocycles. The molecule has 0 spiro atoms. The highest BCUT2D eigenvalue weighted by Crippen LogP contribution is 2.25. The van der Waals surface area contributed by atoms with Crippen LogP contribution < -0.4 is 11.1 Å². The molecular formula is C20H22N10O2. The van der Waals surface area contributed by atoms with Crippen LogP contribution in [-0.2, 0) is 16.1 Å². The van der Waals surface area contributed by atoms with E-state index in [9.17, 15) is 9.59 Å². The Morgan fingerprint density at radius 3 is 2.75 bits per heavy atom. The third kappa shape index (κ3) is 4.33. The second kappa shape index (κ2) is 8.94. The topological polar surface area (TPSA) is 172 Å². The predicted molar refractivity (Wildman–Crippen MR) is 112 cm³/mol. The number of nitrogens with two attached hydrogens (primary N) is 1. The third-order valence-corrected chi connectivity index (χ3v) is 5.32. The first-order valence-corrected chi connectivity index (χ1v) is 10.1. The van der Waals surface area contributed by atoms with E-state index in [-0.39, 0.29) is 11.7 Å². The van der Waals surface area contributed by atoms with Gasteiger partial charge in [-0.15, -0.1) is 5.10 Å². The van der Waals surface area contributed by atoms with Gasteiger partial charge in [0.1, 0.15) is 11.9 Å². The highest BCUT2D eigenvalue weighted by molar-refractivity contribution is 6.39. The van der Waals surface area contributed by atoms with Crippen molar-refractivity contribution in [2.45, 2.75) is 32.2 Å². The Hall–Kier alpha value is -4.11. The molecule has 0 aliphatic carbocycles. The van der Waals surface area contributed by atoms with Gasteiger partial charge in [0.25, 0.3) is 0 Å². The van der Waals surface area contributed by atoms with Gasteiger partial charge < -0.3 is 16.0 Å². The van der Waals surface area contributed by atoms with Gasteiger partial charge >= 0.3 is 11.8 Å². The Morgan fingerprint density at radius 2 is 2.12 bits per heavy atom. The molecule has 12 nitrogen and oxygen atoms in total. The minimum Gasteiger partial charge on any atom is -0.334 e. The first-order valence-electron chi connectivity index (χ1n) is 10.1. The number of pyridine rings is 1. The van der Waals surface area contributed by atoms with Gasteiger partial charge in [-0.05, 0) is 31.9 Å². The zero-order valence-electron chi connectivity index (χ0n) is 17.4. The van der Waals surface area contributed by atoms with E-state index in [1.807, 2.05) is 6.07 Å². The summed E-state index contributed by atoms with van der Waals surface area (Å²) in [5.41, 5.74) is 6.67. The molecule has 0 atom stereocenters. The smallest absolute Gasteiger partial charge is 0.315 e. The lowest BCUT2D eigenvalue weighted by Gasteiger charge is -2.30. The van der Waals surface area contributed by atoms with Crippen molar-refractivity contribution in [3.05, 3.63) is 47.3 Å². The second-order valence-corrected chi connectivity index (χ2v) is 7.49. The largest absolute Gasteiger partial charge is 0.334 e. The molecule has 0 saturated carbocycles. The molecule has 0 bridgehead atoms. The van der Waals surface area contributed by atoms with Crippen LogP contribution in [0.2, 0.25) is 0 Å². The third-order valence-electron chi connectivity index (χ3n) is 5.32. The quantitative estimate of drug-likeness (QED) is 0.494. The van der Waals surface area contributed by atoms with Crippen molar-refractivity contribution in [1.29, 1.82) is 5.26 Å². The van der Waals surface area contributed by atoms with Crippen LogP contribution >= 0.6 is 0 Å². The zero-order chi connectivity index (χ0) is 22.7. The maximum absolute atomic E-state index is 12.6. The lowest BCUT2D eigenvalue weighted by Crippen LogP contribution is -2.44. The number of aryl methyl sites for hydroxylation is 1. The maximum Gasteiger partial charge on any atom is 0.315 e. The van der Waals surface area contributed by atoms with Crippen LogP contribution in [0, 0.1) is 18.3 Å². The Bertz CT molecular complexity index is 1170. The van der Waals surface area contributed by atoms with E-state index in [1.54, 1.807) is 25.3 Å². The van der Waals surface area contributed by atoms with Gasteiger partial charge in [0.05, 0.1) is 12.1 Å². The standard InChI is InChI=1S/C20H22N10O2/c1-12-11-30(16-3-2-13(8-21)10-23-16)28-17(12)25-19(31)20(32)29-6-4-14(5-7-29)18-24-15(9-22)26-27-18/h2-3,10-11,14H,4-7,9,22H2,1H3,(H,24,26,27)(H,25,28,31). The van der Waals surface area contributed by atoms with Crippen molar-refractivity contribution in [3.63, 3.8) is 0 Å². The lowest BCUT2D eigenvalue weighted by atomic mass is 9.96. The number of anilines is 1. The number of aromatic nitrogens is 6. The zero-order valence-corrected chi connectivity index (χ0v) is 17.4. The summed E-state index contributed by atoms with van der Waals surface area (Å²) < 4.78 is 1.48. The highest BCUT2D eigenvalue weighted by Gasteiger charge is 2.30. The summed E-state index contributed by atoms with van der Waals surface area (Å²) in [7, 11) is 0. The van der Waals surface area contributed by atoms with Crippen LogP contribution in [0.1, 0.15) is 41.5 Å². The SMILES string of the molecule is Cc1cn(-c2ccc(C#N)cn2)nc1NC(=O)C(=O)N1CCC(c2n[nH]c(CN)n2)CC1. The van der Waals surface area contributed by atoms with Gasteiger partial charge in [0, 0.05) is 37.0 Å². The van der Waals surface area contributed by atoms with Crippen molar-refractivity contribution in [2.24, 2.45) is 5.73 Å². The number of likely N-dealkylation sites (tertiary alicyclic amines) is 1. The minimum atomic E-state index is -0.743. The fourth-order valence-corrected chi connectivity index (χ4v) is 3.52. The summed E-state index contributed by atoms with van der Waals surface area (Å²) in [5.74, 6) is 0.865. The molecule has 0 radical (unpaired) electrons. The number of piperidine rings is 1. The number of hydrogen-bond acceptors (Lipinski definition) is 8. The number of amides is 2. The predicted octanol–water partition coefficient (Wildman–Crippen LogP) is 0.369. The summed E-state index contributed by atoms with van der Waals surface area (Å²) in [6.45, 7) is 2.93. The average Bonchev–Trinajstić information content (AvgIpc) is 3.45. The van der Waals surface area contributed by atoms with Crippen molar-refractivity contribution >= 4 is 17.6 Å². The van der Waals surface area contributed by atoms with Crippen LogP contribution in [0.15, 0.2) is 24.5 Å². The molecule has 2 amide bonds. The van der Waals surface area contributed by atoms with Crippen LogP contribution in [-0.4, -0.2) is 59.7 Å². The summed E-state index contributed by atoms with van der Waals surface area (Å²) >= 11 is 0. The van der Waals surface area contributed by atoms with Crippen molar-refractivity contribution in [1.82, 2.24) is 34.8 Å². The molecule has 164 valence electrons.